The van der Waals surface area contributed by atoms with Crippen molar-refractivity contribution in [2.24, 2.45) is 0 Å². The van der Waals surface area contributed by atoms with E-state index < -0.39 is 21.7 Å². The molecule has 0 amide bonds. The zero-order chi connectivity index (χ0) is 15.3. The number of benzene rings is 1. The highest BCUT2D eigenvalue weighted by Crippen LogP contribution is 2.13. The Morgan fingerprint density at radius 2 is 1.57 bits per heavy atom. The standard InChI is InChI=1S/C14H20F2N2O2S/c15-12-9-13(16)11-14(10-12)21(19,20)17-5-8-18-6-3-1-2-4-7-18/h9-11,17H,1-8H2. The van der Waals surface area contributed by atoms with Crippen LogP contribution >= 0.6 is 0 Å². The van der Waals surface area contributed by atoms with Crippen molar-refractivity contribution < 1.29 is 17.2 Å². The highest BCUT2D eigenvalue weighted by Gasteiger charge is 2.17. The van der Waals surface area contributed by atoms with Gasteiger partial charge >= 0.3 is 0 Å². The van der Waals surface area contributed by atoms with Crippen LogP contribution in [0.2, 0.25) is 0 Å². The number of halogens is 2. The second kappa shape index (κ2) is 7.29. The van der Waals surface area contributed by atoms with Crippen LogP contribution in [-0.2, 0) is 10.0 Å². The Morgan fingerprint density at radius 1 is 1.00 bits per heavy atom. The van der Waals surface area contributed by atoms with Gasteiger partial charge in [0.05, 0.1) is 4.90 Å². The lowest BCUT2D eigenvalue weighted by Gasteiger charge is -2.19. The number of hydrogen-bond donors (Lipinski definition) is 1. The van der Waals surface area contributed by atoms with Gasteiger partial charge in [0.25, 0.3) is 0 Å². The second-order valence-electron chi connectivity index (χ2n) is 5.26. The fourth-order valence-electron chi connectivity index (χ4n) is 2.46. The van der Waals surface area contributed by atoms with E-state index in [1.165, 1.54) is 12.8 Å². The molecular weight excluding hydrogens is 298 g/mol. The van der Waals surface area contributed by atoms with E-state index in [9.17, 15) is 17.2 Å². The van der Waals surface area contributed by atoms with E-state index >= 15 is 0 Å². The lowest BCUT2D eigenvalue weighted by Crippen LogP contribution is -2.35. The molecule has 1 aliphatic rings. The fourth-order valence-corrected chi connectivity index (χ4v) is 3.53. The van der Waals surface area contributed by atoms with E-state index in [1.54, 1.807) is 0 Å². The zero-order valence-electron chi connectivity index (χ0n) is 11.8. The number of nitrogens with one attached hydrogen (secondary N) is 1. The second-order valence-corrected chi connectivity index (χ2v) is 7.03. The summed E-state index contributed by atoms with van der Waals surface area (Å²) in [6, 6.07) is 2.28. The van der Waals surface area contributed by atoms with Crippen LogP contribution in [0.15, 0.2) is 23.1 Å². The third-order valence-electron chi connectivity index (χ3n) is 3.57. The summed E-state index contributed by atoms with van der Waals surface area (Å²) in [5.74, 6) is -1.80. The molecule has 2 rings (SSSR count). The molecule has 1 aromatic rings. The molecule has 7 heteroatoms. The van der Waals surface area contributed by atoms with Crippen LogP contribution in [-0.4, -0.2) is 39.5 Å². The molecule has 4 nitrogen and oxygen atoms in total. The van der Waals surface area contributed by atoms with Crippen molar-refractivity contribution in [3.8, 4) is 0 Å². The topological polar surface area (TPSA) is 49.4 Å². The van der Waals surface area contributed by atoms with Crippen molar-refractivity contribution in [2.45, 2.75) is 30.6 Å². The highest BCUT2D eigenvalue weighted by atomic mass is 32.2. The van der Waals surface area contributed by atoms with Crippen LogP contribution in [0.1, 0.15) is 25.7 Å². The first-order valence-electron chi connectivity index (χ1n) is 7.15. The van der Waals surface area contributed by atoms with E-state index in [1.807, 2.05) is 0 Å². The fraction of sp³-hybridized carbons (Fsp3) is 0.571. The molecular formula is C14H20F2N2O2S. The van der Waals surface area contributed by atoms with E-state index in [4.69, 9.17) is 0 Å². The average molecular weight is 318 g/mol. The molecule has 1 N–H and O–H groups in total. The average Bonchev–Trinajstić information content (AvgIpc) is 2.66. The molecule has 1 heterocycles. The molecule has 0 radical (unpaired) electrons. The van der Waals surface area contributed by atoms with Crippen LogP contribution in [0.4, 0.5) is 8.78 Å². The number of hydrogen-bond acceptors (Lipinski definition) is 3. The molecule has 0 unspecified atom stereocenters. The number of likely N-dealkylation sites (tertiary alicyclic amines) is 1. The summed E-state index contributed by atoms with van der Waals surface area (Å²) >= 11 is 0. The normalized spacial score (nSPS) is 17.6. The Morgan fingerprint density at radius 3 is 2.14 bits per heavy atom. The predicted molar refractivity (Wildman–Crippen MR) is 76.5 cm³/mol. The van der Waals surface area contributed by atoms with Gasteiger partial charge in [-0.15, -0.1) is 0 Å². The molecule has 1 aromatic carbocycles. The quantitative estimate of drug-likeness (QED) is 0.905. The number of sulfonamides is 1. The Kier molecular flexibility index (Phi) is 5.66. The lowest BCUT2D eigenvalue weighted by atomic mass is 10.2. The van der Waals surface area contributed by atoms with Gasteiger partial charge < -0.3 is 4.90 Å². The minimum atomic E-state index is -3.87. The maximum atomic E-state index is 13.1. The van der Waals surface area contributed by atoms with Gasteiger partial charge in [-0.25, -0.2) is 21.9 Å². The third kappa shape index (κ3) is 5.01. The largest absolute Gasteiger partial charge is 0.302 e. The molecule has 0 spiro atoms. The van der Waals surface area contributed by atoms with Crippen LogP contribution in [0.25, 0.3) is 0 Å². The molecule has 1 fully saturated rings. The van der Waals surface area contributed by atoms with Crippen molar-refractivity contribution in [2.75, 3.05) is 26.2 Å². The van der Waals surface area contributed by atoms with Crippen molar-refractivity contribution in [1.29, 1.82) is 0 Å². The third-order valence-corrected chi connectivity index (χ3v) is 5.01. The summed E-state index contributed by atoms with van der Waals surface area (Å²) in [6.07, 6.45) is 4.68. The summed E-state index contributed by atoms with van der Waals surface area (Å²) < 4.78 is 52.5. The van der Waals surface area contributed by atoms with Gasteiger partial charge in [-0.3, -0.25) is 0 Å². The van der Waals surface area contributed by atoms with E-state index in [0.29, 0.717) is 12.6 Å². The molecule has 0 aliphatic carbocycles. The molecule has 1 saturated heterocycles. The van der Waals surface area contributed by atoms with Crippen molar-refractivity contribution in [3.63, 3.8) is 0 Å². The highest BCUT2D eigenvalue weighted by molar-refractivity contribution is 7.89. The van der Waals surface area contributed by atoms with Crippen LogP contribution in [0.5, 0.6) is 0 Å². The van der Waals surface area contributed by atoms with Crippen molar-refractivity contribution in [1.82, 2.24) is 9.62 Å². The summed E-state index contributed by atoms with van der Waals surface area (Å²) in [5.41, 5.74) is 0. The van der Waals surface area contributed by atoms with Crippen LogP contribution < -0.4 is 4.72 Å². The van der Waals surface area contributed by atoms with Crippen LogP contribution in [0, 0.1) is 11.6 Å². The molecule has 0 bridgehead atoms. The molecule has 1 aliphatic heterocycles. The van der Waals surface area contributed by atoms with Crippen molar-refractivity contribution >= 4 is 10.0 Å². The van der Waals surface area contributed by atoms with Gasteiger partial charge in [0.1, 0.15) is 11.6 Å². The maximum absolute atomic E-state index is 13.1. The van der Waals surface area contributed by atoms with E-state index in [-0.39, 0.29) is 11.4 Å². The maximum Gasteiger partial charge on any atom is 0.240 e. The van der Waals surface area contributed by atoms with E-state index in [0.717, 1.165) is 38.1 Å². The van der Waals surface area contributed by atoms with Gasteiger partial charge in [-0.2, -0.15) is 0 Å². The first kappa shape index (κ1) is 16.3. The van der Waals surface area contributed by atoms with Gasteiger partial charge in [0, 0.05) is 19.2 Å². The monoisotopic (exact) mass is 318 g/mol. The zero-order valence-corrected chi connectivity index (χ0v) is 12.6. The Balaban J connectivity index is 1.91. The molecule has 0 aromatic heterocycles. The van der Waals surface area contributed by atoms with Gasteiger partial charge in [-0.05, 0) is 38.1 Å². The number of rotatable bonds is 5. The van der Waals surface area contributed by atoms with Gasteiger partial charge in [-0.1, -0.05) is 12.8 Å². The van der Waals surface area contributed by atoms with E-state index in [2.05, 4.69) is 9.62 Å². The van der Waals surface area contributed by atoms with Crippen molar-refractivity contribution in [3.05, 3.63) is 29.8 Å². The Bertz CT molecular complexity index is 550. The minimum absolute atomic E-state index is 0.237. The smallest absolute Gasteiger partial charge is 0.240 e. The predicted octanol–water partition coefficient (Wildman–Crippen LogP) is 2.12. The molecule has 0 atom stereocenters. The lowest BCUT2D eigenvalue weighted by molar-refractivity contribution is 0.290. The first-order valence-corrected chi connectivity index (χ1v) is 8.64. The number of nitrogens with zero attached hydrogens (tertiary/aromatic N) is 1. The summed E-state index contributed by atoms with van der Waals surface area (Å²) in [7, 11) is -3.87. The molecule has 21 heavy (non-hydrogen) atoms. The summed E-state index contributed by atoms with van der Waals surface area (Å²) in [6.45, 7) is 2.78. The summed E-state index contributed by atoms with van der Waals surface area (Å²) in [5, 5.41) is 0. The first-order chi connectivity index (χ1) is 9.97. The Hall–Kier alpha value is -1.05. The molecule has 0 saturated carbocycles. The van der Waals surface area contributed by atoms with Gasteiger partial charge in [0.15, 0.2) is 0 Å². The minimum Gasteiger partial charge on any atom is -0.302 e. The van der Waals surface area contributed by atoms with Gasteiger partial charge in [0.2, 0.25) is 10.0 Å². The Labute approximate surface area is 124 Å². The van der Waals surface area contributed by atoms with Crippen LogP contribution in [0.3, 0.4) is 0 Å². The SMILES string of the molecule is O=S(=O)(NCCN1CCCCCC1)c1cc(F)cc(F)c1. The summed E-state index contributed by atoms with van der Waals surface area (Å²) in [4.78, 5) is 1.83. The molecule has 118 valence electrons.